The minimum atomic E-state index is 0.636. The molecule has 0 N–H and O–H groups in total. The van der Waals surface area contributed by atoms with E-state index in [1.807, 2.05) is 0 Å². The minimum Gasteiger partial charge on any atom is -0.356 e. The van der Waals surface area contributed by atoms with Crippen LogP contribution >= 0.6 is 0 Å². The van der Waals surface area contributed by atoms with Crippen molar-refractivity contribution >= 4 is 0 Å². The molecule has 1 aliphatic heterocycles. The summed E-state index contributed by atoms with van der Waals surface area (Å²) in [6.45, 7) is 9.49. The van der Waals surface area contributed by atoms with Crippen molar-refractivity contribution in [1.82, 2.24) is 9.80 Å². The van der Waals surface area contributed by atoms with Gasteiger partial charge < -0.3 is 9.80 Å². The molecule has 0 aliphatic carbocycles. The standard InChI is InChI=1S/C49H98N2/c1-4-7-10-13-16-19-21-23-25-27-29-31-34-37-40-43-46-51-48-47-50(45-42-39-36-33-18-15-12-9-6-3)49(51)44-41-38-35-32-30-28-26-24-22-20-17-14-11-8-5-2/h47-49H,4-46H2,1-3H3. The maximum atomic E-state index is 2.74. The summed E-state index contributed by atoms with van der Waals surface area (Å²) in [7, 11) is 0. The van der Waals surface area contributed by atoms with E-state index in [0.29, 0.717) is 6.17 Å². The lowest BCUT2D eigenvalue weighted by atomic mass is 10.0. The fourth-order valence-corrected chi connectivity index (χ4v) is 8.48. The van der Waals surface area contributed by atoms with E-state index in [-0.39, 0.29) is 0 Å². The van der Waals surface area contributed by atoms with Crippen LogP contribution in [0.5, 0.6) is 0 Å². The van der Waals surface area contributed by atoms with Gasteiger partial charge in [-0.15, -0.1) is 0 Å². The molecule has 0 fully saturated rings. The van der Waals surface area contributed by atoms with Gasteiger partial charge in [0.05, 0.1) is 0 Å². The van der Waals surface area contributed by atoms with Crippen LogP contribution in [0, 0.1) is 0 Å². The summed E-state index contributed by atoms with van der Waals surface area (Å²) in [5.74, 6) is 0. The average molecular weight is 715 g/mol. The van der Waals surface area contributed by atoms with Crippen LogP contribution in [0.1, 0.15) is 284 Å². The van der Waals surface area contributed by atoms with Crippen LogP contribution in [0.15, 0.2) is 12.4 Å². The fourth-order valence-electron chi connectivity index (χ4n) is 8.48. The number of rotatable bonds is 43. The third kappa shape index (κ3) is 32.5. The van der Waals surface area contributed by atoms with Crippen molar-refractivity contribution in [3.63, 3.8) is 0 Å². The largest absolute Gasteiger partial charge is 0.356 e. The lowest BCUT2D eigenvalue weighted by Gasteiger charge is -2.33. The molecule has 51 heavy (non-hydrogen) atoms. The molecule has 0 bridgehead atoms. The Kier molecular flexibility index (Phi) is 38.4. The lowest BCUT2D eigenvalue weighted by molar-refractivity contribution is 0.135. The van der Waals surface area contributed by atoms with Gasteiger partial charge in [-0.1, -0.05) is 258 Å². The summed E-state index contributed by atoms with van der Waals surface area (Å²) in [6, 6.07) is 0. The third-order valence-electron chi connectivity index (χ3n) is 12.1. The number of nitrogens with zero attached hydrogens (tertiary/aromatic N) is 2. The molecule has 1 atom stereocenters. The van der Waals surface area contributed by atoms with Gasteiger partial charge >= 0.3 is 0 Å². The fraction of sp³-hybridized carbons (Fsp3) is 0.959. The van der Waals surface area contributed by atoms with E-state index >= 15 is 0 Å². The van der Waals surface area contributed by atoms with Gasteiger partial charge in [-0.25, -0.2) is 0 Å². The molecule has 1 heterocycles. The quantitative estimate of drug-likeness (QED) is 0.0580. The van der Waals surface area contributed by atoms with Crippen LogP contribution in [0.25, 0.3) is 0 Å². The van der Waals surface area contributed by atoms with Gasteiger partial charge in [0.25, 0.3) is 0 Å². The van der Waals surface area contributed by atoms with Crippen LogP contribution < -0.4 is 0 Å². The Morgan fingerprint density at radius 1 is 0.255 bits per heavy atom. The monoisotopic (exact) mass is 715 g/mol. The van der Waals surface area contributed by atoms with Gasteiger partial charge in [0.1, 0.15) is 6.17 Å². The molecular weight excluding hydrogens is 617 g/mol. The van der Waals surface area contributed by atoms with Gasteiger partial charge in [-0.2, -0.15) is 0 Å². The normalized spacial score (nSPS) is 14.5. The lowest BCUT2D eigenvalue weighted by Crippen LogP contribution is -2.39. The minimum absolute atomic E-state index is 0.636. The Morgan fingerprint density at radius 3 is 0.686 bits per heavy atom. The maximum absolute atomic E-state index is 2.74. The van der Waals surface area contributed by atoms with E-state index < -0.39 is 0 Å². The Balaban J connectivity index is 2.17. The van der Waals surface area contributed by atoms with Crippen molar-refractivity contribution in [2.45, 2.75) is 290 Å². The predicted octanol–water partition coefficient (Wildman–Crippen LogP) is 17.5. The summed E-state index contributed by atoms with van der Waals surface area (Å²) in [4.78, 5) is 5.47. The number of hydrogen-bond donors (Lipinski definition) is 0. The highest BCUT2D eigenvalue weighted by Crippen LogP contribution is 2.24. The van der Waals surface area contributed by atoms with Gasteiger partial charge in [0.2, 0.25) is 0 Å². The molecule has 0 saturated carbocycles. The molecule has 304 valence electrons. The molecule has 0 aromatic heterocycles. The molecule has 1 aliphatic rings. The van der Waals surface area contributed by atoms with Crippen molar-refractivity contribution in [1.29, 1.82) is 0 Å². The van der Waals surface area contributed by atoms with Crippen molar-refractivity contribution in [2.75, 3.05) is 13.1 Å². The predicted molar refractivity (Wildman–Crippen MR) is 233 cm³/mol. The molecule has 0 aromatic carbocycles. The molecule has 0 spiro atoms. The Morgan fingerprint density at radius 2 is 0.451 bits per heavy atom. The highest BCUT2D eigenvalue weighted by atomic mass is 15.4. The first-order valence-electron chi connectivity index (χ1n) is 24.5. The van der Waals surface area contributed by atoms with E-state index in [0.717, 1.165) is 0 Å². The van der Waals surface area contributed by atoms with E-state index in [1.54, 1.807) is 0 Å². The van der Waals surface area contributed by atoms with E-state index in [1.165, 1.54) is 276 Å². The molecule has 0 aromatic rings. The zero-order valence-corrected chi connectivity index (χ0v) is 36.0. The second-order valence-electron chi connectivity index (χ2n) is 17.1. The van der Waals surface area contributed by atoms with Crippen LogP contribution in [0.3, 0.4) is 0 Å². The first-order chi connectivity index (χ1) is 25.3. The molecule has 2 nitrogen and oxygen atoms in total. The average Bonchev–Trinajstić information content (AvgIpc) is 3.53. The zero-order valence-electron chi connectivity index (χ0n) is 36.0. The van der Waals surface area contributed by atoms with E-state index in [9.17, 15) is 0 Å². The van der Waals surface area contributed by atoms with E-state index in [2.05, 4.69) is 43.0 Å². The Hall–Kier alpha value is -0.660. The summed E-state index contributed by atoms with van der Waals surface area (Å²) < 4.78 is 0. The summed E-state index contributed by atoms with van der Waals surface area (Å²) in [6.07, 6.45) is 64.9. The van der Waals surface area contributed by atoms with Crippen LogP contribution in [0.4, 0.5) is 0 Å². The van der Waals surface area contributed by atoms with E-state index in [4.69, 9.17) is 0 Å². The molecule has 0 radical (unpaired) electrons. The summed E-state index contributed by atoms with van der Waals surface area (Å²) in [5, 5.41) is 0. The van der Waals surface area contributed by atoms with Crippen molar-refractivity contribution in [3.05, 3.63) is 12.4 Å². The maximum Gasteiger partial charge on any atom is 0.101 e. The first-order valence-corrected chi connectivity index (χ1v) is 24.5. The molecule has 1 unspecified atom stereocenters. The number of unbranched alkanes of at least 4 members (excludes halogenated alkanes) is 37. The van der Waals surface area contributed by atoms with Crippen LogP contribution in [-0.2, 0) is 0 Å². The molecule has 0 saturated heterocycles. The van der Waals surface area contributed by atoms with Gasteiger partial charge in [-0.05, 0) is 25.7 Å². The highest BCUT2D eigenvalue weighted by molar-refractivity contribution is 4.97. The Labute approximate surface area is 324 Å². The van der Waals surface area contributed by atoms with Crippen LogP contribution in [-0.4, -0.2) is 29.1 Å². The third-order valence-corrected chi connectivity index (χ3v) is 12.1. The SMILES string of the molecule is CCCCCCCCCCCCCCCCCCN1C=CN(CCCCCCCCCCC)C1CCCCCCCCCCCCCCCCC. The molecule has 0 amide bonds. The topological polar surface area (TPSA) is 6.48 Å². The highest BCUT2D eigenvalue weighted by Gasteiger charge is 2.24. The number of hydrogen-bond acceptors (Lipinski definition) is 2. The van der Waals surface area contributed by atoms with Crippen molar-refractivity contribution in [3.8, 4) is 0 Å². The van der Waals surface area contributed by atoms with Crippen molar-refractivity contribution < 1.29 is 0 Å². The van der Waals surface area contributed by atoms with Crippen molar-refractivity contribution in [2.24, 2.45) is 0 Å². The Bertz CT molecular complexity index is 673. The smallest absolute Gasteiger partial charge is 0.101 e. The molecule has 1 rings (SSSR count). The zero-order chi connectivity index (χ0) is 36.6. The molecular formula is C49H98N2. The summed E-state index contributed by atoms with van der Waals surface area (Å²) in [5.41, 5.74) is 0. The van der Waals surface area contributed by atoms with Gasteiger partial charge in [-0.3, -0.25) is 0 Å². The van der Waals surface area contributed by atoms with Crippen LogP contribution in [0.2, 0.25) is 0 Å². The second kappa shape index (κ2) is 40.5. The van der Waals surface area contributed by atoms with Gasteiger partial charge in [0, 0.05) is 25.5 Å². The first kappa shape index (κ1) is 48.4. The second-order valence-corrected chi connectivity index (χ2v) is 17.1. The summed E-state index contributed by atoms with van der Waals surface area (Å²) >= 11 is 0. The van der Waals surface area contributed by atoms with Gasteiger partial charge in [0.15, 0.2) is 0 Å². The molecule has 2 heteroatoms.